The minimum atomic E-state index is 0.140. The Morgan fingerprint density at radius 2 is 2.38 bits per heavy atom. The van der Waals surface area contributed by atoms with Gasteiger partial charge in [0.25, 0.3) is 0 Å². The number of aliphatic hydroxyl groups is 1. The summed E-state index contributed by atoms with van der Waals surface area (Å²) in [7, 11) is 0. The summed E-state index contributed by atoms with van der Waals surface area (Å²) < 4.78 is 1.27. The topological polar surface area (TPSA) is 32.3 Å². The summed E-state index contributed by atoms with van der Waals surface area (Å²) >= 11 is 2.32. The van der Waals surface area contributed by atoms with Crippen molar-refractivity contribution in [3.8, 4) is 0 Å². The molecule has 1 aliphatic rings. The Labute approximate surface area is 91.5 Å². The summed E-state index contributed by atoms with van der Waals surface area (Å²) in [6.07, 6.45) is 1.07. The molecule has 0 aliphatic carbocycles. The van der Waals surface area contributed by atoms with E-state index in [0.717, 1.165) is 13.0 Å². The fourth-order valence-corrected chi connectivity index (χ4v) is 2.34. The van der Waals surface area contributed by atoms with E-state index in [1.54, 1.807) is 0 Å². The normalized spacial score (nSPS) is 21.2. The van der Waals surface area contributed by atoms with Crippen LogP contribution in [0.3, 0.4) is 0 Å². The van der Waals surface area contributed by atoms with Gasteiger partial charge in [0.1, 0.15) is 0 Å². The van der Waals surface area contributed by atoms with Crippen LogP contribution in [0.4, 0.5) is 0 Å². The van der Waals surface area contributed by atoms with E-state index >= 15 is 0 Å². The van der Waals surface area contributed by atoms with E-state index < -0.39 is 0 Å². The zero-order valence-corrected chi connectivity index (χ0v) is 9.41. The zero-order valence-electron chi connectivity index (χ0n) is 7.26. The quantitative estimate of drug-likeness (QED) is 0.767. The Morgan fingerprint density at radius 3 is 3.15 bits per heavy atom. The minimum Gasteiger partial charge on any atom is -0.394 e. The number of halogens is 1. The molecule has 1 atom stereocenters. The summed E-state index contributed by atoms with van der Waals surface area (Å²) in [4.78, 5) is 0. The van der Waals surface area contributed by atoms with Gasteiger partial charge in [-0.2, -0.15) is 0 Å². The molecule has 0 bridgehead atoms. The number of hydrogen-bond donors (Lipinski definition) is 2. The number of aliphatic hydroxyl groups excluding tert-OH is 1. The molecule has 0 saturated carbocycles. The highest BCUT2D eigenvalue weighted by Gasteiger charge is 2.18. The number of fused-ring (bicyclic) bond motifs is 1. The molecule has 1 aliphatic heterocycles. The smallest absolute Gasteiger partial charge is 0.0626 e. The molecule has 1 aromatic rings. The van der Waals surface area contributed by atoms with Crippen molar-refractivity contribution in [1.29, 1.82) is 0 Å². The van der Waals surface area contributed by atoms with Gasteiger partial charge in [-0.1, -0.05) is 6.07 Å². The maximum atomic E-state index is 9.14. The van der Waals surface area contributed by atoms with E-state index in [-0.39, 0.29) is 12.6 Å². The first-order chi connectivity index (χ1) is 6.31. The molecule has 2 N–H and O–H groups in total. The Morgan fingerprint density at radius 1 is 1.54 bits per heavy atom. The maximum absolute atomic E-state index is 9.14. The number of nitrogens with one attached hydrogen (secondary N) is 1. The average Bonchev–Trinajstić information content (AvgIpc) is 2.16. The lowest BCUT2D eigenvalue weighted by molar-refractivity contribution is 0.240. The first kappa shape index (κ1) is 9.43. The largest absolute Gasteiger partial charge is 0.394 e. The van der Waals surface area contributed by atoms with Crippen molar-refractivity contribution in [3.63, 3.8) is 0 Å². The summed E-state index contributed by atoms with van der Waals surface area (Å²) in [6.45, 7) is 1.16. The molecule has 0 aromatic heterocycles. The molecule has 0 fully saturated rings. The Hall–Kier alpha value is -0.130. The van der Waals surface area contributed by atoms with Gasteiger partial charge in [-0.15, -0.1) is 0 Å². The number of benzene rings is 1. The molecule has 0 spiro atoms. The van der Waals surface area contributed by atoms with Crippen LogP contribution in [0, 0.1) is 3.57 Å². The fourth-order valence-electron chi connectivity index (χ4n) is 1.78. The third kappa shape index (κ3) is 1.87. The van der Waals surface area contributed by atoms with E-state index in [1.165, 1.54) is 14.7 Å². The molecule has 0 amide bonds. The van der Waals surface area contributed by atoms with Gasteiger partial charge in [-0.25, -0.2) is 0 Å². The minimum absolute atomic E-state index is 0.140. The molecule has 2 rings (SSSR count). The van der Waals surface area contributed by atoms with Crippen LogP contribution < -0.4 is 5.32 Å². The molecule has 0 radical (unpaired) electrons. The lowest BCUT2D eigenvalue weighted by Gasteiger charge is -2.25. The van der Waals surface area contributed by atoms with Gasteiger partial charge in [0.05, 0.1) is 12.6 Å². The van der Waals surface area contributed by atoms with Crippen molar-refractivity contribution in [1.82, 2.24) is 5.32 Å². The van der Waals surface area contributed by atoms with E-state index in [0.29, 0.717) is 0 Å². The molecular formula is C10H12INO. The van der Waals surface area contributed by atoms with Crippen molar-refractivity contribution in [2.45, 2.75) is 12.5 Å². The van der Waals surface area contributed by atoms with Crippen LogP contribution >= 0.6 is 22.6 Å². The van der Waals surface area contributed by atoms with Crippen LogP contribution in [0.1, 0.15) is 17.2 Å². The van der Waals surface area contributed by atoms with Gasteiger partial charge in [0.2, 0.25) is 0 Å². The van der Waals surface area contributed by atoms with Gasteiger partial charge < -0.3 is 10.4 Å². The molecule has 1 aromatic carbocycles. The second-order valence-corrected chi connectivity index (χ2v) is 4.53. The van der Waals surface area contributed by atoms with Crippen LogP contribution in [0.15, 0.2) is 18.2 Å². The van der Waals surface area contributed by atoms with Crippen LogP contribution in [-0.4, -0.2) is 18.3 Å². The zero-order chi connectivity index (χ0) is 9.26. The first-order valence-corrected chi connectivity index (χ1v) is 5.51. The summed E-state index contributed by atoms with van der Waals surface area (Å²) in [5.41, 5.74) is 2.64. The summed E-state index contributed by atoms with van der Waals surface area (Å²) in [6, 6.07) is 6.55. The first-order valence-electron chi connectivity index (χ1n) is 4.44. The highest BCUT2D eigenvalue weighted by molar-refractivity contribution is 14.1. The van der Waals surface area contributed by atoms with Crippen LogP contribution in [0.25, 0.3) is 0 Å². The monoisotopic (exact) mass is 289 g/mol. The van der Waals surface area contributed by atoms with Gasteiger partial charge in [-0.3, -0.25) is 0 Å². The summed E-state index contributed by atoms with van der Waals surface area (Å²) in [5, 5.41) is 12.4. The molecule has 0 unspecified atom stereocenters. The lowest BCUT2D eigenvalue weighted by atomic mass is 9.95. The molecule has 1 heterocycles. The second kappa shape index (κ2) is 3.94. The van der Waals surface area contributed by atoms with Gasteiger partial charge in [0, 0.05) is 3.57 Å². The Kier molecular flexibility index (Phi) is 2.86. The molecule has 0 saturated heterocycles. The van der Waals surface area contributed by atoms with Gasteiger partial charge >= 0.3 is 0 Å². The van der Waals surface area contributed by atoms with Crippen LogP contribution in [0.2, 0.25) is 0 Å². The molecule has 13 heavy (non-hydrogen) atoms. The van der Waals surface area contributed by atoms with Crippen molar-refractivity contribution < 1.29 is 5.11 Å². The van der Waals surface area contributed by atoms with E-state index in [1.807, 2.05) is 0 Å². The van der Waals surface area contributed by atoms with Gasteiger partial charge in [0.15, 0.2) is 0 Å². The third-order valence-electron chi connectivity index (χ3n) is 2.45. The predicted molar refractivity (Wildman–Crippen MR) is 60.7 cm³/mol. The van der Waals surface area contributed by atoms with Crippen LogP contribution in [-0.2, 0) is 6.42 Å². The van der Waals surface area contributed by atoms with E-state index in [9.17, 15) is 0 Å². The van der Waals surface area contributed by atoms with Crippen molar-refractivity contribution in [2.24, 2.45) is 0 Å². The SMILES string of the molecule is OC[C@H]1NCCc2cc(I)ccc21. The third-order valence-corrected chi connectivity index (χ3v) is 3.12. The lowest BCUT2D eigenvalue weighted by Crippen LogP contribution is -2.32. The molecule has 70 valence electrons. The van der Waals surface area contributed by atoms with Crippen molar-refractivity contribution >= 4 is 22.6 Å². The summed E-state index contributed by atoms with van der Waals surface area (Å²) in [5.74, 6) is 0. The van der Waals surface area contributed by atoms with E-state index in [4.69, 9.17) is 5.11 Å². The molecular weight excluding hydrogens is 277 g/mol. The highest BCUT2D eigenvalue weighted by atomic mass is 127. The Balaban J connectivity index is 2.40. The van der Waals surface area contributed by atoms with Crippen molar-refractivity contribution in [2.75, 3.05) is 13.2 Å². The van der Waals surface area contributed by atoms with Crippen LogP contribution in [0.5, 0.6) is 0 Å². The highest BCUT2D eigenvalue weighted by Crippen LogP contribution is 2.23. The average molecular weight is 289 g/mol. The predicted octanol–water partition coefficient (Wildman–Crippen LogP) is 1.47. The van der Waals surface area contributed by atoms with Crippen molar-refractivity contribution in [3.05, 3.63) is 32.9 Å². The van der Waals surface area contributed by atoms with E-state index in [2.05, 4.69) is 46.1 Å². The number of hydrogen-bond acceptors (Lipinski definition) is 2. The molecule has 3 heteroatoms. The maximum Gasteiger partial charge on any atom is 0.0626 e. The molecule has 2 nitrogen and oxygen atoms in total. The standard InChI is InChI=1S/C10H12INO/c11-8-1-2-9-7(5-8)3-4-12-10(9)6-13/h1-2,5,10,12-13H,3-4,6H2/t10-/m1/s1. The Bertz CT molecular complexity index is 314. The fraction of sp³-hybridized carbons (Fsp3) is 0.400. The van der Waals surface area contributed by atoms with Gasteiger partial charge in [-0.05, 0) is 58.8 Å². The second-order valence-electron chi connectivity index (χ2n) is 3.28. The number of rotatable bonds is 1.